The summed E-state index contributed by atoms with van der Waals surface area (Å²) in [7, 11) is 0. The van der Waals surface area contributed by atoms with Gasteiger partial charge >= 0.3 is 0 Å². The summed E-state index contributed by atoms with van der Waals surface area (Å²) < 4.78 is 25.3. The second-order valence-electron chi connectivity index (χ2n) is 6.85. The van der Waals surface area contributed by atoms with Crippen molar-refractivity contribution < 1.29 is 18.7 Å². The topological polar surface area (TPSA) is 110 Å². The van der Waals surface area contributed by atoms with E-state index in [1.807, 2.05) is 0 Å². The van der Waals surface area contributed by atoms with Crippen LogP contribution in [0.15, 0.2) is 72.4 Å². The van der Waals surface area contributed by atoms with Gasteiger partial charge in [0, 0.05) is 17.1 Å². The van der Waals surface area contributed by atoms with Gasteiger partial charge in [-0.2, -0.15) is 4.98 Å². The molecule has 2 aromatic carbocycles. The maximum absolute atomic E-state index is 14.3. The molecule has 0 aliphatic carbocycles. The lowest BCUT2D eigenvalue weighted by atomic mass is 10.2. The highest BCUT2D eigenvalue weighted by Gasteiger charge is 2.09. The molecule has 3 aromatic rings. The fraction of sp³-hybridized carbons (Fsp3) is 0.167. The van der Waals surface area contributed by atoms with Gasteiger partial charge in [-0.3, -0.25) is 9.79 Å². The Balaban J connectivity index is 1.59. The highest BCUT2D eigenvalue weighted by Crippen LogP contribution is 2.23. The van der Waals surface area contributed by atoms with Gasteiger partial charge in [0.1, 0.15) is 12.4 Å². The molecular weight excluding hydrogens is 439 g/mol. The van der Waals surface area contributed by atoms with Crippen LogP contribution in [0.2, 0.25) is 0 Å². The van der Waals surface area contributed by atoms with Crippen LogP contribution in [0.3, 0.4) is 0 Å². The van der Waals surface area contributed by atoms with Crippen LogP contribution in [-0.4, -0.2) is 49.0 Å². The second kappa shape index (κ2) is 12.7. The number of hydrogen-bond acceptors (Lipinski definition) is 8. The van der Waals surface area contributed by atoms with Crippen LogP contribution in [0.4, 0.5) is 33.2 Å². The molecule has 0 bridgehead atoms. The Bertz CT molecular complexity index is 1120. The molecule has 0 spiro atoms. The minimum absolute atomic E-state index is 0.0173. The molecule has 3 N–H and O–H groups in total. The maximum atomic E-state index is 14.3. The van der Waals surface area contributed by atoms with E-state index in [1.165, 1.54) is 6.08 Å². The van der Waals surface area contributed by atoms with E-state index < -0.39 is 5.82 Å². The van der Waals surface area contributed by atoms with Crippen LogP contribution in [0.5, 0.6) is 5.75 Å². The van der Waals surface area contributed by atoms with Crippen molar-refractivity contribution in [3.8, 4) is 5.75 Å². The Morgan fingerprint density at radius 1 is 1.06 bits per heavy atom. The molecule has 3 rings (SSSR count). The lowest BCUT2D eigenvalue weighted by molar-refractivity contribution is -0.111. The molecule has 34 heavy (non-hydrogen) atoms. The standard InChI is InChI=1S/C24H25FN6O3/c1-3-22(32)28-18-5-4-6-19(15-18)29-23-21(25)16-27-24(31-23)30-17-7-9-20(10-8-17)34-14-13-33-12-11-26-2/h3-10,15-16H,1-2,11-14H2,(H,28,32)(H2,27,29,30,31). The zero-order valence-corrected chi connectivity index (χ0v) is 18.5. The number of hydrogen-bond donors (Lipinski definition) is 3. The molecule has 10 heteroatoms. The summed E-state index contributed by atoms with van der Waals surface area (Å²) in [5, 5.41) is 8.57. The van der Waals surface area contributed by atoms with E-state index in [4.69, 9.17) is 9.47 Å². The van der Waals surface area contributed by atoms with E-state index in [-0.39, 0.29) is 17.7 Å². The molecule has 0 atom stereocenters. The number of rotatable bonds is 13. The van der Waals surface area contributed by atoms with Crippen molar-refractivity contribution in [3.05, 3.63) is 73.2 Å². The van der Waals surface area contributed by atoms with Crippen molar-refractivity contribution >= 4 is 41.5 Å². The SMILES string of the molecule is C=CC(=O)Nc1cccc(Nc2nc(Nc3ccc(OCCOCCN=C)cc3)ncc2F)c1. The van der Waals surface area contributed by atoms with Crippen molar-refractivity contribution in [3.63, 3.8) is 0 Å². The summed E-state index contributed by atoms with van der Waals surface area (Å²) in [6, 6.07) is 14.0. The Kier molecular flexibility index (Phi) is 9.06. The predicted octanol–water partition coefficient (Wildman–Crippen LogP) is 4.32. The number of carbonyl (C=O) groups is 1. The third kappa shape index (κ3) is 7.68. The lowest BCUT2D eigenvalue weighted by Crippen LogP contribution is -2.08. The van der Waals surface area contributed by atoms with Gasteiger partial charge in [0.15, 0.2) is 11.6 Å². The minimum atomic E-state index is -0.624. The largest absolute Gasteiger partial charge is 0.491 e. The van der Waals surface area contributed by atoms with Crippen LogP contribution in [-0.2, 0) is 9.53 Å². The van der Waals surface area contributed by atoms with Gasteiger partial charge in [-0.25, -0.2) is 9.37 Å². The maximum Gasteiger partial charge on any atom is 0.247 e. The monoisotopic (exact) mass is 464 g/mol. The van der Waals surface area contributed by atoms with Gasteiger partial charge in [0.05, 0.1) is 26.0 Å². The van der Waals surface area contributed by atoms with E-state index in [2.05, 4.69) is 44.2 Å². The number of nitrogens with zero attached hydrogens (tertiary/aromatic N) is 3. The van der Waals surface area contributed by atoms with Gasteiger partial charge in [0.2, 0.25) is 11.9 Å². The van der Waals surface area contributed by atoms with Crippen LogP contribution >= 0.6 is 0 Å². The summed E-state index contributed by atoms with van der Waals surface area (Å²) in [4.78, 5) is 23.4. The zero-order chi connectivity index (χ0) is 24.2. The zero-order valence-electron chi connectivity index (χ0n) is 18.5. The number of aliphatic imine (C=N–C) groups is 1. The quantitative estimate of drug-likeness (QED) is 0.196. The number of halogens is 1. The molecule has 0 saturated carbocycles. The molecule has 0 unspecified atom stereocenters. The van der Waals surface area contributed by atoms with Crippen molar-refractivity contribution in [1.82, 2.24) is 9.97 Å². The molecule has 0 aliphatic rings. The molecule has 0 aliphatic heterocycles. The number of aromatic nitrogens is 2. The van der Waals surface area contributed by atoms with Gasteiger partial charge in [0.25, 0.3) is 0 Å². The Labute approximate surface area is 196 Å². The van der Waals surface area contributed by atoms with E-state index in [1.54, 1.807) is 48.5 Å². The summed E-state index contributed by atoms with van der Waals surface area (Å²) in [6.07, 6.45) is 2.24. The third-order valence-corrected chi connectivity index (χ3v) is 4.32. The predicted molar refractivity (Wildman–Crippen MR) is 131 cm³/mol. The van der Waals surface area contributed by atoms with Gasteiger partial charge < -0.3 is 25.4 Å². The molecule has 0 radical (unpaired) electrons. The molecule has 0 saturated heterocycles. The molecule has 1 heterocycles. The number of anilines is 5. The number of benzene rings is 2. The van der Waals surface area contributed by atoms with Crippen molar-refractivity contribution in [2.45, 2.75) is 0 Å². The fourth-order valence-electron chi connectivity index (χ4n) is 2.73. The highest BCUT2D eigenvalue weighted by molar-refractivity contribution is 5.99. The number of nitrogens with one attached hydrogen (secondary N) is 3. The van der Waals surface area contributed by atoms with E-state index in [0.29, 0.717) is 49.2 Å². The van der Waals surface area contributed by atoms with Crippen LogP contribution < -0.4 is 20.7 Å². The average Bonchev–Trinajstić information content (AvgIpc) is 2.84. The Morgan fingerprint density at radius 3 is 2.62 bits per heavy atom. The summed E-state index contributed by atoms with van der Waals surface area (Å²) in [5.41, 5.74) is 1.77. The van der Waals surface area contributed by atoms with Gasteiger partial charge in [-0.05, 0) is 55.3 Å². The lowest BCUT2D eigenvalue weighted by Gasteiger charge is -2.11. The Morgan fingerprint density at radius 2 is 1.85 bits per heavy atom. The van der Waals surface area contributed by atoms with Crippen LogP contribution in [0.25, 0.3) is 0 Å². The van der Waals surface area contributed by atoms with E-state index in [9.17, 15) is 9.18 Å². The molecule has 176 valence electrons. The number of carbonyl (C=O) groups excluding carboxylic acids is 1. The van der Waals surface area contributed by atoms with Crippen LogP contribution in [0, 0.1) is 5.82 Å². The molecule has 9 nitrogen and oxygen atoms in total. The first-order valence-electron chi connectivity index (χ1n) is 10.4. The van der Waals surface area contributed by atoms with Gasteiger partial charge in [-0.15, -0.1) is 0 Å². The van der Waals surface area contributed by atoms with Gasteiger partial charge in [-0.1, -0.05) is 12.6 Å². The number of ether oxygens (including phenoxy) is 2. The summed E-state index contributed by atoms with van der Waals surface area (Å²) >= 11 is 0. The molecular formula is C24H25FN6O3. The normalized spacial score (nSPS) is 10.3. The first-order chi connectivity index (χ1) is 16.6. The average molecular weight is 465 g/mol. The van der Waals surface area contributed by atoms with E-state index >= 15 is 0 Å². The molecule has 1 amide bonds. The number of amides is 1. The molecule has 0 fully saturated rings. The van der Waals surface area contributed by atoms with Crippen molar-refractivity contribution in [2.75, 3.05) is 42.3 Å². The third-order valence-electron chi connectivity index (χ3n) is 4.32. The highest BCUT2D eigenvalue weighted by atomic mass is 19.1. The fourth-order valence-corrected chi connectivity index (χ4v) is 2.73. The van der Waals surface area contributed by atoms with Crippen molar-refractivity contribution in [1.29, 1.82) is 0 Å². The smallest absolute Gasteiger partial charge is 0.247 e. The second-order valence-corrected chi connectivity index (χ2v) is 6.85. The van der Waals surface area contributed by atoms with Crippen molar-refractivity contribution in [2.24, 2.45) is 4.99 Å². The van der Waals surface area contributed by atoms with E-state index in [0.717, 1.165) is 6.20 Å². The first-order valence-corrected chi connectivity index (χ1v) is 10.4. The van der Waals surface area contributed by atoms with Crippen LogP contribution in [0.1, 0.15) is 0 Å². The molecule has 1 aromatic heterocycles. The summed E-state index contributed by atoms with van der Waals surface area (Å²) in [5.74, 6) is -0.0976. The Hall–Kier alpha value is -4.31. The minimum Gasteiger partial charge on any atom is -0.491 e. The summed E-state index contributed by atoms with van der Waals surface area (Å²) in [6.45, 7) is 8.75. The first kappa shape index (κ1) is 24.3.